The molecule has 96 valence electrons. The summed E-state index contributed by atoms with van der Waals surface area (Å²) in [5.74, 6) is 0.699. The van der Waals surface area contributed by atoms with Crippen LogP contribution in [0.15, 0.2) is 18.2 Å². The molecule has 0 N–H and O–H groups in total. The summed E-state index contributed by atoms with van der Waals surface area (Å²) in [6.45, 7) is 2.14. The minimum Gasteiger partial charge on any atom is -0.372 e. The van der Waals surface area contributed by atoms with Crippen molar-refractivity contribution < 1.29 is 9.72 Å². The normalized spacial score (nSPS) is 16.1. The van der Waals surface area contributed by atoms with E-state index in [9.17, 15) is 14.9 Å². The zero-order chi connectivity index (χ0) is 13.3. The standard InChI is InChI=1S/C13H16N2O3/c1-9(10-3-4-10)14(2)12-5-6-13(15(17)18)11(7-12)8-16/h5-10H,3-4H2,1-2H3. The molecule has 1 aliphatic carbocycles. The summed E-state index contributed by atoms with van der Waals surface area (Å²) in [6, 6.07) is 5.08. The Morgan fingerprint density at radius 3 is 2.67 bits per heavy atom. The van der Waals surface area contributed by atoms with Gasteiger partial charge >= 0.3 is 0 Å². The Hall–Kier alpha value is -1.91. The lowest BCUT2D eigenvalue weighted by atomic mass is 10.1. The fourth-order valence-electron chi connectivity index (χ4n) is 2.15. The molecule has 0 saturated heterocycles. The molecule has 0 radical (unpaired) electrons. The van der Waals surface area contributed by atoms with Crippen LogP contribution in [0.1, 0.15) is 30.1 Å². The highest BCUT2D eigenvalue weighted by Gasteiger charge is 2.31. The molecule has 0 aliphatic heterocycles. The molecule has 5 heteroatoms. The van der Waals surface area contributed by atoms with Gasteiger partial charge in [0.2, 0.25) is 0 Å². The van der Waals surface area contributed by atoms with Crippen molar-refractivity contribution in [3.8, 4) is 0 Å². The van der Waals surface area contributed by atoms with Gasteiger partial charge in [0.15, 0.2) is 6.29 Å². The quantitative estimate of drug-likeness (QED) is 0.456. The Labute approximate surface area is 106 Å². The minimum absolute atomic E-state index is 0.132. The van der Waals surface area contributed by atoms with Crippen molar-refractivity contribution in [1.82, 2.24) is 0 Å². The van der Waals surface area contributed by atoms with Crippen LogP contribution in [0.2, 0.25) is 0 Å². The maximum Gasteiger partial charge on any atom is 0.280 e. The van der Waals surface area contributed by atoms with Crippen LogP contribution in [-0.4, -0.2) is 24.3 Å². The lowest BCUT2D eigenvalue weighted by Crippen LogP contribution is -2.30. The number of nitro benzene ring substituents is 1. The first-order valence-corrected chi connectivity index (χ1v) is 6.01. The second-order valence-corrected chi connectivity index (χ2v) is 4.81. The van der Waals surface area contributed by atoms with Crippen molar-refractivity contribution in [3.05, 3.63) is 33.9 Å². The van der Waals surface area contributed by atoms with Gasteiger partial charge in [0.1, 0.15) is 0 Å². The van der Waals surface area contributed by atoms with Gasteiger partial charge in [-0.3, -0.25) is 14.9 Å². The van der Waals surface area contributed by atoms with Crippen molar-refractivity contribution in [2.75, 3.05) is 11.9 Å². The number of carbonyl (C=O) groups is 1. The summed E-state index contributed by atoms with van der Waals surface area (Å²) in [6.07, 6.45) is 3.01. The van der Waals surface area contributed by atoms with Gasteiger partial charge in [-0.1, -0.05) is 0 Å². The topological polar surface area (TPSA) is 63.4 Å². The third-order valence-electron chi connectivity index (χ3n) is 3.66. The highest BCUT2D eigenvalue weighted by molar-refractivity contribution is 5.83. The van der Waals surface area contributed by atoms with Crippen LogP contribution in [0.25, 0.3) is 0 Å². The molecule has 0 spiro atoms. The van der Waals surface area contributed by atoms with Crippen LogP contribution in [0, 0.1) is 16.0 Å². The largest absolute Gasteiger partial charge is 0.372 e. The van der Waals surface area contributed by atoms with E-state index in [0.29, 0.717) is 18.2 Å². The molecule has 0 bridgehead atoms. The maximum atomic E-state index is 10.9. The van der Waals surface area contributed by atoms with Crippen LogP contribution >= 0.6 is 0 Å². The number of benzene rings is 1. The summed E-state index contributed by atoms with van der Waals surface area (Å²) in [5.41, 5.74) is 0.843. The molecule has 1 aromatic rings. The molecule has 1 atom stereocenters. The zero-order valence-corrected chi connectivity index (χ0v) is 10.5. The van der Waals surface area contributed by atoms with E-state index in [4.69, 9.17) is 0 Å². The third-order valence-corrected chi connectivity index (χ3v) is 3.66. The fourth-order valence-corrected chi connectivity index (χ4v) is 2.15. The molecule has 1 fully saturated rings. The van der Waals surface area contributed by atoms with Gasteiger partial charge in [-0.05, 0) is 37.8 Å². The molecule has 2 rings (SSSR count). The van der Waals surface area contributed by atoms with Gasteiger partial charge in [0.25, 0.3) is 5.69 Å². The van der Waals surface area contributed by atoms with E-state index in [0.717, 1.165) is 5.69 Å². The van der Waals surface area contributed by atoms with E-state index < -0.39 is 4.92 Å². The van der Waals surface area contributed by atoms with E-state index in [1.807, 2.05) is 7.05 Å². The Morgan fingerprint density at radius 1 is 1.50 bits per heavy atom. The van der Waals surface area contributed by atoms with E-state index >= 15 is 0 Å². The lowest BCUT2D eigenvalue weighted by Gasteiger charge is -2.27. The van der Waals surface area contributed by atoms with E-state index in [-0.39, 0.29) is 11.3 Å². The Bertz CT molecular complexity index is 483. The van der Waals surface area contributed by atoms with Crippen LogP contribution in [0.4, 0.5) is 11.4 Å². The predicted octanol–water partition coefficient (Wildman–Crippen LogP) is 2.64. The Kier molecular flexibility index (Phi) is 3.32. The molecule has 1 aromatic carbocycles. The SMILES string of the molecule is CC(C1CC1)N(C)c1ccc([N+](=O)[O-])c(C=O)c1. The predicted molar refractivity (Wildman–Crippen MR) is 69.1 cm³/mol. The first kappa shape index (κ1) is 12.5. The lowest BCUT2D eigenvalue weighted by molar-refractivity contribution is -0.385. The number of nitro groups is 1. The van der Waals surface area contributed by atoms with E-state index in [2.05, 4.69) is 11.8 Å². The number of hydrogen-bond donors (Lipinski definition) is 0. The highest BCUT2D eigenvalue weighted by Crippen LogP contribution is 2.36. The maximum absolute atomic E-state index is 10.9. The summed E-state index contributed by atoms with van der Waals surface area (Å²) in [4.78, 5) is 23.2. The zero-order valence-electron chi connectivity index (χ0n) is 10.5. The monoisotopic (exact) mass is 248 g/mol. The molecule has 5 nitrogen and oxygen atoms in total. The van der Waals surface area contributed by atoms with Crippen LogP contribution in [0.5, 0.6) is 0 Å². The second-order valence-electron chi connectivity index (χ2n) is 4.81. The number of carbonyl (C=O) groups excluding carboxylic acids is 1. The van der Waals surface area contributed by atoms with Gasteiger partial charge in [-0.15, -0.1) is 0 Å². The van der Waals surface area contributed by atoms with Crippen LogP contribution in [-0.2, 0) is 0 Å². The number of hydrogen-bond acceptors (Lipinski definition) is 4. The van der Waals surface area contributed by atoms with E-state index in [1.54, 1.807) is 12.1 Å². The molecular formula is C13H16N2O3. The number of anilines is 1. The van der Waals surface area contributed by atoms with Crippen molar-refractivity contribution in [2.24, 2.45) is 5.92 Å². The van der Waals surface area contributed by atoms with Crippen molar-refractivity contribution in [1.29, 1.82) is 0 Å². The van der Waals surface area contributed by atoms with Gasteiger partial charge < -0.3 is 4.90 Å². The summed E-state index contributed by atoms with van der Waals surface area (Å²) in [7, 11) is 1.96. The summed E-state index contributed by atoms with van der Waals surface area (Å²) < 4.78 is 0. The molecular weight excluding hydrogens is 232 g/mol. The smallest absolute Gasteiger partial charge is 0.280 e. The van der Waals surface area contributed by atoms with Crippen LogP contribution < -0.4 is 4.90 Å². The van der Waals surface area contributed by atoms with E-state index in [1.165, 1.54) is 18.9 Å². The average Bonchev–Trinajstić information content (AvgIpc) is 3.20. The van der Waals surface area contributed by atoms with Crippen LogP contribution in [0.3, 0.4) is 0 Å². The highest BCUT2D eigenvalue weighted by atomic mass is 16.6. The molecule has 1 aliphatic rings. The third kappa shape index (κ3) is 2.34. The second kappa shape index (κ2) is 4.76. The number of aldehydes is 1. The van der Waals surface area contributed by atoms with Crippen molar-refractivity contribution in [3.63, 3.8) is 0 Å². The average molecular weight is 248 g/mol. The first-order chi connectivity index (χ1) is 8.54. The van der Waals surface area contributed by atoms with Gasteiger partial charge in [-0.25, -0.2) is 0 Å². The van der Waals surface area contributed by atoms with Gasteiger partial charge in [0, 0.05) is 24.8 Å². The van der Waals surface area contributed by atoms with Crippen molar-refractivity contribution >= 4 is 17.7 Å². The molecule has 1 saturated carbocycles. The van der Waals surface area contributed by atoms with Gasteiger partial charge in [-0.2, -0.15) is 0 Å². The summed E-state index contributed by atoms with van der Waals surface area (Å²) in [5, 5.41) is 10.7. The number of rotatable bonds is 5. The van der Waals surface area contributed by atoms with Crippen molar-refractivity contribution in [2.45, 2.75) is 25.8 Å². The fraction of sp³-hybridized carbons (Fsp3) is 0.462. The molecule has 0 amide bonds. The number of nitrogens with zero attached hydrogens (tertiary/aromatic N) is 2. The molecule has 18 heavy (non-hydrogen) atoms. The van der Waals surface area contributed by atoms with Gasteiger partial charge in [0.05, 0.1) is 10.5 Å². The Morgan fingerprint density at radius 2 is 2.17 bits per heavy atom. The minimum atomic E-state index is -0.530. The first-order valence-electron chi connectivity index (χ1n) is 6.01. The Balaban J connectivity index is 2.28. The summed E-state index contributed by atoms with van der Waals surface area (Å²) >= 11 is 0. The molecule has 1 unspecified atom stereocenters. The molecule has 0 heterocycles. The molecule has 0 aromatic heterocycles.